The molecule has 0 radical (unpaired) electrons. The third-order valence-electron chi connectivity index (χ3n) is 5.12. The zero-order valence-electron chi connectivity index (χ0n) is 20.6. The predicted molar refractivity (Wildman–Crippen MR) is 136 cm³/mol. The summed E-state index contributed by atoms with van der Waals surface area (Å²) >= 11 is 0.981. The van der Waals surface area contributed by atoms with Crippen LogP contribution in [0.5, 0.6) is 0 Å². The molecule has 2 aliphatic heterocycles. The fraction of sp³-hybridized carbons (Fsp3) is 0.417. The Bertz CT molecular complexity index is 1100. The van der Waals surface area contributed by atoms with Gasteiger partial charge in [0, 0.05) is 30.8 Å². The molecule has 0 aliphatic carbocycles. The number of benzene rings is 1. The molecular weight excluding hydrogens is 486 g/mol. The third-order valence-corrected chi connectivity index (χ3v) is 6.02. The molecule has 0 spiro atoms. The lowest BCUT2D eigenvalue weighted by atomic mass is 10.0. The van der Waals surface area contributed by atoms with Crippen molar-refractivity contribution in [3.8, 4) is 0 Å². The van der Waals surface area contributed by atoms with Gasteiger partial charge in [0.2, 0.25) is 0 Å². The van der Waals surface area contributed by atoms with E-state index in [2.05, 4.69) is 25.6 Å². The maximum absolute atomic E-state index is 12.9. The Balaban J connectivity index is 1.49. The van der Waals surface area contributed by atoms with E-state index in [1.54, 1.807) is 29.2 Å². The number of ether oxygens (including phenoxy) is 2. The van der Waals surface area contributed by atoms with Crippen molar-refractivity contribution in [1.82, 2.24) is 15.5 Å². The van der Waals surface area contributed by atoms with E-state index in [1.807, 2.05) is 20.8 Å². The second kappa shape index (κ2) is 11.8. The van der Waals surface area contributed by atoms with Gasteiger partial charge in [-0.15, -0.1) is 5.10 Å². The Kier molecular flexibility index (Phi) is 8.86. The van der Waals surface area contributed by atoms with Crippen LogP contribution >= 0.6 is 11.8 Å². The van der Waals surface area contributed by atoms with Crippen molar-refractivity contribution >= 4 is 47.0 Å². The molecule has 11 nitrogen and oxygen atoms in total. The van der Waals surface area contributed by atoms with Crippen LogP contribution < -0.4 is 10.6 Å². The van der Waals surface area contributed by atoms with Crippen molar-refractivity contribution < 1.29 is 28.7 Å². The van der Waals surface area contributed by atoms with E-state index < -0.39 is 23.6 Å². The van der Waals surface area contributed by atoms with Crippen molar-refractivity contribution in [2.24, 2.45) is 10.2 Å². The fourth-order valence-electron chi connectivity index (χ4n) is 3.38. The maximum Gasteiger partial charge on any atom is 0.407 e. The molecule has 3 rings (SSSR count). The zero-order valence-corrected chi connectivity index (χ0v) is 21.4. The lowest BCUT2D eigenvalue weighted by Crippen LogP contribution is -2.47. The SMILES string of the molecule is COC(=O)/C=C1/S/C(=N\N=Cc2ccc(C(=O)N3CCC(NC(=O)OC(C)(C)C)CC3)cc2)NC1=O. The number of nitrogens with one attached hydrogen (secondary N) is 2. The van der Waals surface area contributed by atoms with Crippen molar-refractivity contribution in [2.45, 2.75) is 45.3 Å². The number of esters is 1. The van der Waals surface area contributed by atoms with Gasteiger partial charge < -0.3 is 19.7 Å². The van der Waals surface area contributed by atoms with Gasteiger partial charge in [0.15, 0.2) is 5.17 Å². The Hall–Kier alpha value is -3.67. The van der Waals surface area contributed by atoms with Crippen LogP contribution in [0.2, 0.25) is 0 Å². The molecule has 0 atom stereocenters. The van der Waals surface area contributed by atoms with Crippen molar-refractivity contribution in [3.63, 3.8) is 0 Å². The van der Waals surface area contributed by atoms with Gasteiger partial charge in [-0.3, -0.25) is 14.9 Å². The highest BCUT2D eigenvalue weighted by Crippen LogP contribution is 2.23. The van der Waals surface area contributed by atoms with Gasteiger partial charge >= 0.3 is 12.1 Å². The number of thioether (sulfide) groups is 1. The lowest BCUT2D eigenvalue weighted by molar-refractivity contribution is -0.135. The van der Waals surface area contributed by atoms with Crippen LogP contribution in [-0.4, -0.2) is 72.0 Å². The third kappa shape index (κ3) is 7.94. The number of amidine groups is 1. The highest BCUT2D eigenvalue weighted by atomic mass is 32.2. The monoisotopic (exact) mass is 515 g/mol. The van der Waals surface area contributed by atoms with Crippen LogP contribution in [0.3, 0.4) is 0 Å². The van der Waals surface area contributed by atoms with Crippen molar-refractivity contribution in [3.05, 3.63) is 46.4 Å². The van der Waals surface area contributed by atoms with Gasteiger partial charge in [0.05, 0.1) is 18.2 Å². The molecule has 3 amide bonds. The average Bonchev–Trinajstić information content (AvgIpc) is 3.16. The number of alkyl carbamates (subject to hydrolysis) is 1. The Morgan fingerprint density at radius 1 is 1.17 bits per heavy atom. The van der Waals surface area contributed by atoms with Gasteiger partial charge in [-0.2, -0.15) is 5.10 Å². The van der Waals surface area contributed by atoms with E-state index in [-0.39, 0.29) is 22.0 Å². The second-order valence-corrected chi connectivity index (χ2v) is 10.1. The first-order valence-electron chi connectivity index (χ1n) is 11.3. The van der Waals surface area contributed by atoms with Gasteiger partial charge in [-0.25, -0.2) is 9.59 Å². The molecule has 2 heterocycles. The minimum absolute atomic E-state index is 0.0287. The van der Waals surface area contributed by atoms with Crippen molar-refractivity contribution in [1.29, 1.82) is 0 Å². The number of amides is 3. The molecule has 2 saturated heterocycles. The Labute approximate surface area is 213 Å². The van der Waals surface area contributed by atoms with Gasteiger partial charge in [0.25, 0.3) is 11.8 Å². The van der Waals surface area contributed by atoms with E-state index in [1.165, 1.54) is 13.3 Å². The van der Waals surface area contributed by atoms with Crippen LogP contribution in [0.15, 0.2) is 45.4 Å². The number of rotatable bonds is 5. The Morgan fingerprint density at radius 2 is 1.83 bits per heavy atom. The first-order chi connectivity index (χ1) is 17.0. The van der Waals surface area contributed by atoms with Crippen LogP contribution in [0.1, 0.15) is 49.5 Å². The molecule has 0 aromatic heterocycles. The van der Waals surface area contributed by atoms with Crippen LogP contribution in [0.25, 0.3) is 0 Å². The van der Waals surface area contributed by atoms with E-state index in [0.717, 1.165) is 23.4 Å². The number of piperidine rings is 1. The smallest absolute Gasteiger partial charge is 0.407 e. The molecular formula is C24H29N5O6S. The van der Waals surface area contributed by atoms with E-state index >= 15 is 0 Å². The van der Waals surface area contributed by atoms with Crippen molar-refractivity contribution in [2.75, 3.05) is 20.2 Å². The fourth-order valence-corrected chi connectivity index (χ4v) is 4.12. The quantitative estimate of drug-likeness (QED) is 0.266. The first-order valence-corrected chi connectivity index (χ1v) is 12.1. The van der Waals surface area contributed by atoms with E-state index in [9.17, 15) is 19.2 Å². The highest BCUT2D eigenvalue weighted by molar-refractivity contribution is 8.18. The summed E-state index contributed by atoms with van der Waals surface area (Å²) in [5, 5.41) is 13.5. The second-order valence-electron chi connectivity index (χ2n) is 9.07. The summed E-state index contributed by atoms with van der Waals surface area (Å²) in [6.45, 7) is 6.52. The molecule has 12 heteroatoms. The number of hydrogen-bond donors (Lipinski definition) is 2. The minimum atomic E-state index is -0.631. The topological polar surface area (TPSA) is 139 Å². The number of carbonyl (C=O) groups excluding carboxylic acids is 4. The number of carbonyl (C=O) groups is 4. The van der Waals surface area contributed by atoms with Crippen LogP contribution in [0, 0.1) is 0 Å². The summed E-state index contributed by atoms with van der Waals surface area (Å²) in [5.41, 5.74) is 0.715. The predicted octanol–water partition coefficient (Wildman–Crippen LogP) is 2.43. The molecule has 36 heavy (non-hydrogen) atoms. The molecule has 192 valence electrons. The summed E-state index contributed by atoms with van der Waals surface area (Å²) < 4.78 is 9.80. The molecule has 1 aromatic carbocycles. The molecule has 0 saturated carbocycles. The molecule has 2 aliphatic rings. The minimum Gasteiger partial charge on any atom is -0.466 e. The standard InChI is InChI=1S/C24H29N5O6S/c1-24(2,3)35-23(33)26-17-9-11-29(12-10-17)21(32)16-7-5-15(6-8-16)14-25-28-22-27-20(31)18(36-22)13-19(30)34-4/h5-8,13-14,17H,9-12H2,1-4H3,(H,26,33)(H,27,28,31)/b18-13+,25-14?. The zero-order chi connectivity index (χ0) is 26.3. The van der Waals surface area contributed by atoms with Crippen LogP contribution in [0.4, 0.5) is 4.79 Å². The molecule has 0 bridgehead atoms. The van der Waals surface area contributed by atoms with E-state index in [4.69, 9.17) is 4.74 Å². The number of hydrogen-bond acceptors (Lipinski definition) is 9. The normalized spacial score (nSPS) is 19.0. The van der Waals surface area contributed by atoms with Gasteiger partial charge in [-0.1, -0.05) is 12.1 Å². The summed E-state index contributed by atoms with van der Waals surface area (Å²) in [4.78, 5) is 49.8. The average molecular weight is 516 g/mol. The van der Waals surface area contributed by atoms with E-state index in [0.29, 0.717) is 31.5 Å². The largest absolute Gasteiger partial charge is 0.466 e. The summed E-state index contributed by atoms with van der Waals surface area (Å²) in [7, 11) is 1.23. The maximum atomic E-state index is 12.9. The van der Waals surface area contributed by atoms with Gasteiger partial charge in [0.1, 0.15) is 5.60 Å². The number of methoxy groups -OCH3 is 1. The Morgan fingerprint density at radius 3 is 2.44 bits per heavy atom. The molecule has 2 fully saturated rings. The highest BCUT2D eigenvalue weighted by Gasteiger charge is 2.27. The molecule has 2 N–H and O–H groups in total. The number of likely N-dealkylation sites (tertiary alicyclic amines) is 1. The molecule has 1 aromatic rings. The van der Waals surface area contributed by atoms with Gasteiger partial charge in [-0.05, 0) is 63.1 Å². The first kappa shape index (κ1) is 26.9. The van der Waals surface area contributed by atoms with Crippen LogP contribution in [-0.2, 0) is 19.1 Å². The summed E-state index contributed by atoms with van der Waals surface area (Å²) in [6.07, 6.45) is 3.44. The molecule has 0 unspecified atom stereocenters. The lowest BCUT2D eigenvalue weighted by Gasteiger charge is -2.33. The summed E-state index contributed by atoms with van der Waals surface area (Å²) in [6, 6.07) is 6.89. The summed E-state index contributed by atoms with van der Waals surface area (Å²) in [5.74, 6) is -1.16. The number of nitrogens with zero attached hydrogens (tertiary/aromatic N) is 3.